The van der Waals surface area contributed by atoms with Crippen LogP contribution in [0.4, 0.5) is 5.69 Å². The number of ether oxygens (including phenoxy) is 1. The molecule has 1 aromatic carbocycles. The minimum absolute atomic E-state index is 0.0174. The van der Waals surface area contributed by atoms with Crippen LogP contribution in [0.5, 0.6) is 11.5 Å². The third-order valence-corrected chi connectivity index (χ3v) is 3.84. The van der Waals surface area contributed by atoms with Gasteiger partial charge in [0.15, 0.2) is 5.60 Å². The number of phenolic OH excluding ortho intramolecular Hbond substituents is 1. The lowest BCUT2D eigenvalue weighted by atomic mass is 10.0. The van der Waals surface area contributed by atoms with E-state index in [2.05, 4.69) is 6.92 Å². The zero-order valence-corrected chi connectivity index (χ0v) is 13.2. The number of carbonyl (C=O) groups excluding carboxylic acids is 1. The summed E-state index contributed by atoms with van der Waals surface area (Å²) in [6.07, 6.45) is 5.79. The molecular weight excluding hydrogens is 266 g/mol. The molecular formula is C17H25NO3. The van der Waals surface area contributed by atoms with Crippen molar-refractivity contribution in [2.45, 2.75) is 58.5 Å². The molecule has 0 saturated carbocycles. The molecule has 0 radical (unpaired) electrons. The van der Waals surface area contributed by atoms with Gasteiger partial charge in [0.05, 0.1) is 5.69 Å². The predicted molar refractivity (Wildman–Crippen MR) is 83.9 cm³/mol. The van der Waals surface area contributed by atoms with Crippen LogP contribution in [0.3, 0.4) is 0 Å². The monoisotopic (exact) mass is 291 g/mol. The van der Waals surface area contributed by atoms with Crippen molar-refractivity contribution < 1.29 is 14.6 Å². The number of unbranched alkanes of at least 4 members (excludes halogenated alkanes) is 4. The van der Waals surface area contributed by atoms with Crippen molar-refractivity contribution in [3.63, 3.8) is 0 Å². The van der Waals surface area contributed by atoms with E-state index in [9.17, 15) is 9.90 Å². The highest BCUT2D eigenvalue weighted by atomic mass is 16.5. The molecule has 1 heterocycles. The molecule has 4 heteroatoms. The number of anilines is 1. The summed E-state index contributed by atoms with van der Waals surface area (Å²) in [4.78, 5) is 14.3. The van der Waals surface area contributed by atoms with E-state index in [1.165, 1.54) is 19.3 Å². The first-order valence-electron chi connectivity index (χ1n) is 7.79. The highest BCUT2D eigenvalue weighted by Gasteiger charge is 2.40. The number of phenols is 1. The molecule has 21 heavy (non-hydrogen) atoms. The van der Waals surface area contributed by atoms with E-state index in [-0.39, 0.29) is 11.7 Å². The third-order valence-electron chi connectivity index (χ3n) is 3.84. The molecule has 4 nitrogen and oxygen atoms in total. The molecule has 1 aliphatic heterocycles. The lowest BCUT2D eigenvalue weighted by Crippen LogP contribution is -2.52. The smallest absolute Gasteiger partial charge is 0.270 e. The fourth-order valence-corrected chi connectivity index (χ4v) is 2.66. The summed E-state index contributed by atoms with van der Waals surface area (Å²) in [5.74, 6) is 0.714. The van der Waals surface area contributed by atoms with Crippen LogP contribution in [0.1, 0.15) is 52.9 Å². The first kappa shape index (κ1) is 15.7. The predicted octanol–water partition coefficient (Wildman–Crippen LogP) is 3.87. The average molecular weight is 291 g/mol. The Morgan fingerprint density at radius 1 is 1.19 bits per heavy atom. The number of hydrogen-bond acceptors (Lipinski definition) is 3. The average Bonchev–Trinajstić information content (AvgIpc) is 2.42. The number of fused-ring (bicyclic) bond motifs is 1. The quantitative estimate of drug-likeness (QED) is 0.809. The van der Waals surface area contributed by atoms with Crippen molar-refractivity contribution in [1.29, 1.82) is 0 Å². The molecule has 1 aromatic rings. The Morgan fingerprint density at radius 3 is 2.62 bits per heavy atom. The van der Waals surface area contributed by atoms with Crippen LogP contribution in [0.15, 0.2) is 18.2 Å². The second-order valence-corrected chi connectivity index (χ2v) is 6.14. The van der Waals surface area contributed by atoms with Gasteiger partial charge in [0.1, 0.15) is 11.5 Å². The van der Waals surface area contributed by atoms with Crippen LogP contribution < -0.4 is 9.64 Å². The van der Waals surface area contributed by atoms with Crippen molar-refractivity contribution in [1.82, 2.24) is 0 Å². The van der Waals surface area contributed by atoms with Gasteiger partial charge in [-0.3, -0.25) is 4.79 Å². The van der Waals surface area contributed by atoms with Gasteiger partial charge in [0, 0.05) is 12.6 Å². The standard InChI is InChI=1S/C17H25NO3/c1-4-5-6-7-8-11-18-14-10-9-13(19)12-15(14)21-17(2,3)16(18)20/h9-10,12,19H,4-8,11H2,1-3H3. The molecule has 1 amide bonds. The van der Waals surface area contributed by atoms with Crippen LogP contribution in [0.25, 0.3) is 0 Å². The van der Waals surface area contributed by atoms with Crippen molar-refractivity contribution in [3.05, 3.63) is 18.2 Å². The van der Waals surface area contributed by atoms with Crippen LogP contribution in [0.2, 0.25) is 0 Å². The number of benzene rings is 1. The normalized spacial score (nSPS) is 16.5. The van der Waals surface area contributed by atoms with Gasteiger partial charge in [-0.2, -0.15) is 0 Å². The lowest BCUT2D eigenvalue weighted by Gasteiger charge is -2.38. The third kappa shape index (κ3) is 3.49. The largest absolute Gasteiger partial charge is 0.508 e. The van der Waals surface area contributed by atoms with E-state index in [4.69, 9.17) is 4.74 Å². The molecule has 1 aliphatic rings. The topological polar surface area (TPSA) is 49.8 Å². The van der Waals surface area contributed by atoms with E-state index in [0.29, 0.717) is 12.3 Å². The van der Waals surface area contributed by atoms with Crippen LogP contribution in [0, 0.1) is 0 Å². The first-order valence-corrected chi connectivity index (χ1v) is 7.79. The van der Waals surface area contributed by atoms with Gasteiger partial charge in [-0.15, -0.1) is 0 Å². The highest BCUT2D eigenvalue weighted by molar-refractivity contribution is 6.02. The molecule has 2 rings (SSSR count). The lowest BCUT2D eigenvalue weighted by molar-refractivity contribution is -0.132. The summed E-state index contributed by atoms with van der Waals surface area (Å²) in [5, 5.41) is 9.60. The Bertz CT molecular complexity index is 511. The van der Waals surface area contributed by atoms with Crippen molar-refractivity contribution in [2.24, 2.45) is 0 Å². The second kappa shape index (κ2) is 6.37. The SMILES string of the molecule is CCCCCCCN1C(=O)C(C)(C)Oc2cc(O)ccc21. The summed E-state index contributed by atoms with van der Waals surface area (Å²) >= 11 is 0. The fraction of sp³-hybridized carbons (Fsp3) is 0.588. The summed E-state index contributed by atoms with van der Waals surface area (Å²) in [6, 6.07) is 4.93. The summed E-state index contributed by atoms with van der Waals surface area (Å²) in [7, 11) is 0. The van der Waals surface area contributed by atoms with Gasteiger partial charge >= 0.3 is 0 Å². The zero-order valence-electron chi connectivity index (χ0n) is 13.2. The van der Waals surface area contributed by atoms with Gasteiger partial charge in [-0.25, -0.2) is 0 Å². The second-order valence-electron chi connectivity index (χ2n) is 6.14. The van der Waals surface area contributed by atoms with Gasteiger partial charge in [0.25, 0.3) is 5.91 Å². The van der Waals surface area contributed by atoms with Crippen molar-refractivity contribution in [2.75, 3.05) is 11.4 Å². The maximum atomic E-state index is 12.6. The Hall–Kier alpha value is -1.71. The Morgan fingerprint density at radius 2 is 1.90 bits per heavy atom. The van der Waals surface area contributed by atoms with E-state index < -0.39 is 5.60 Å². The molecule has 0 aromatic heterocycles. The zero-order chi connectivity index (χ0) is 15.5. The number of rotatable bonds is 6. The number of carbonyl (C=O) groups is 1. The van der Waals surface area contributed by atoms with E-state index >= 15 is 0 Å². The van der Waals surface area contributed by atoms with Gasteiger partial charge in [-0.1, -0.05) is 32.6 Å². The first-order chi connectivity index (χ1) is 9.95. The Kier molecular flexibility index (Phi) is 4.76. The molecule has 0 atom stereocenters. The van der Waals surface area contributed by atoms with E-state index in [1.54, 1.807) is 36.9 Å². The maximum Gasteiger partial charge on any atom is 0.270 e. The molecule has 116 valence electrons. The molecule has 0 saturated heterocycles. The summed E-state index contributed by atoms with van der Waals surface area (Å²) in [6.45, 7) is 6.43. The molecule has 0 aliphatic carbocycles. The number of hydrogen-bond donors (Lipinski definition) is 1. The van der Waals surface area contributed by atoms with Crippen LogP contribution in [-0.2, 0) is 4.79 Å². The molecule has 1 N–H and O–H groups in total. The van der Waals surface area contributed by atoms with E-state index in [1.807, 2.05) is 0 Å². The van der Waals surface area contributed by atoms with E-state index in [0.717, 1.165) is 18.5 Å². The molecule has 0 bridgehead atoms. The van der Waals surface area contributed by atoms with Crippen molar-refractivity contribution in [3.8, 4) is 11.5 Å². The minimum atomic E-state index is -0.885. The van der Waals surface area contributed by atoms with Crippen LogP contribution in [-0.4, -0.2) is 23.2 Å². The molecule has 0 fully saturated rings. The molecule has 0 spiro atoms. The molecule has 0 unspecified atom stereocenters. The van der Waals surface area contributed by atoms with Crippen molar-refractivity contribution >= 4 is 11.6 Å². The number of nitrogens with zero attached hydrogens (tertiary/aromatic N) is 1. The van der Waals surface area contributed by atoms with Crippen LogP contribution >= 0.6 is 0 Å². The Labute approximate surface area is 126 Å². The Balaban J connectivity index is 2.13. The fourth-order valence-electron chi connectivity index (χ4n) is 2.66. The van der Waals surface area contributed by atoms with Gasteiger partial charge in [-0.05, 0) is 32.4 Å². The maximum absolute atomic E-state index is 12.6. The van der Waals surface area contributed by atoms with Gasteiger partial charge < -0.3 is 14.7 Å². The summed E-state index contributed by atoms with van der Waals surface area (Å²) < 4.78 is 5.74. The minimum Gasteiger partial charge on any atom is -0.508 e. The number of amides is 1. The number of aromatic hydroxyl groups is 1. The van der Waals surface area contributed by atoms with Gasteiger partial charge in [0.2, 0.25) is 0 Å². The highest BCUT2D eigenvalue weighted by Crippen LogP contribution is 2.39. The summed E-state index contributed by atoms with van der Waals surface area (Å²) in [5.41, 5.74) is -0.128.